The molecule has 0 aliphatic heterocycles. The molecule has 0 saturated heterocycles. The van der Waals surface area contributed by atoms with Crippen LogP contribution in [0.4, 0.5) is 5.69 Å². The van der Waals surface area contributed by atoms with E-state index in [0.29, 0.717) is 22.6 Å². The zero-order valence-corrected chi connectivity index (χ0v) is 16.2. The van der Waals surface area contributed by atoms with E-state index < -0.39 is 11.7 Å². The van der Waals surface area contributed by atoms with Crippen molar-refractivity contribution in [2.75, 3.05) is 11.9 Å². The van der Waals surface area contributed by atoms with Crippen LogP contribution in [0.15, 0.2) is 18.2 Å². The van der Waals surface area contributed by atoms with E-state index in [1.807, 2.05) is 32.0 Å². The van der Waals surface area contributed by atoms with Crippen molar-refractivity contribution < 1.29 is 14.4 Å². The molecule has 0 bridgehead atoms. The maximum absolute atomic E-state index is 12.8. The molecule has 0 spiro atoms. The number of nitrogens with one attached hydrogen (secondary N) is 2. The van der Waals surface area contributed by atoms with Crippen LogP contribution >= 0.6 is 0 Å². The number of rotatable bonds is 5. The molecule has 0 radical (unpaired) electrons. The number of benzene rings is 1. The molecule has 2 N–H and O–H groups in total. The Morgan fingerprint density at radius 3 is 2.37 bits per heavy atom. The number of amides is 2. The molecule has 0 aliphatic carbocycles. The standard InChI is InChI=1S/C21H23N3O3/c1-7-10-22-21(27)19(25)17-14(4)18(24(6)15(17)5)20(26)23-16-9-8-12(2)13(3)11-16/h1,8-9,11H,10H2,2-6H3,(H,22,27)(H,23,26). The molecule has 6 heteroatoms. The lowest BCUT2D eigenvalue weighted by Gasteiger charge is -2.10. The molecule has 2 rings (SSSR count). The van der Waals surface area contributed by atoms with Crippen molar-refractivity contribution in [3.8, 4) is 12.3 Å². The molecule has 1 aromatic carbocycles. The lowest BCUT2D eigenvalue weighted by atomic mass is 10.0. The van der Waals surface area contributed by atoms with Gasteiger partial charge in [-0.3, -0.25) is 14.4 Å². The van der Waals surface area contributed by atoms with Crippen LogP contribution in [0.2, 0.25) is 0 Å². The molecule has 0 saturated carbocycles. The van der Waals surface area contributed by atoms with E-state index in [0.717, 1.165) is 11.1 Å². The van der Waals surface area contributed by atoms with Crippen LogP contribution in [-0.2, 0) is 11.8 Å². The zero-order chi connectivity index (χ0) is 20.3. The summed E-state index contributed by atoms with van der Waals surface area (Å²) < 4.78 is 1.62. The highest BCUT2D eigenvalue weighted by Gasteiger charge is 2.28. The number of carbonyl (C=O) groups is 3. The predicted molar refractivity (Wildman–Crippen MR) is 105 cm³/mol. The van der Waals surface area contributed by atoms with Crippen LogP contribution in [0.1, 0.15) is 43.2 Å². The first-order valence-electron chi connectivity index (χ1n) is 8.49. The highest BCUT2D eigenvalue weighted by Crippen LogP contribution is 2.23. The highest BCUT2D eigenvalue weighted by molar-refractivity contribution is 6.43. The summed E-state index contributed by atoms with van der Waals surface area (Å²) in [5.74, 6) is 0.415. The van der Waals surface area contributed by atoms with Gasteiger partial charge in [0.1, 0.15) is 5.69 Å². The number of hydrogen-bond acceptors (Lipinski definition) is 3. The van der Waals surface area contributed by atoms with E-state index in [4.69, 9.17) is 6.42 Å². The Morgan fingerprint density at radius 2 is 1.78 bits per heavy atom. The number of anilines is 1. The van der Waals surface area contributed by atoms with Crippen LogP contribution < -0.4 is 10.6 Å². The maximum Gasteiger partial charge on any atom is 0.293 e. The van der Waals surface area contributed by atoms with E-state index in [1.165, 1.54) is 0 Å². The highest BCUT2D eigenvalue weighted by atomic mass is 16.2. The smallest absolute Gasteiger partial charge is 0.293 e. The summed E-state index contributed by atoms with van der Waals surface area (Å²) in [6, 6.07) is 5.64. The average Bonchev–Trinajstić information content (AvgIpc) is 2.84. The van der Waals surface area contributed by atoms with Crippen LogP contribution in [0.5, 0.6) is 0 Å². The molecule has 1 heterocycles. The van der Waals surface area contributed by atoms with Crippen LogP contribution in [0.3, 0.4) is 0 Å². The fourth-order valence-corrected chi connectivity index (χ4v) is 2.97. The first kappa shape index (κ1) is 20.0. The quantitative estimate of drug-likeness (QED) is 0.485. The van der Waals surface area contributed by atoms with Crippen LogP contribution in [-0.4, -0.2) is 28.7 Å². The molecule has 140 valence electrons. The lowest BCUT2D eigenvalue weighted by molar-refractivity contribution is -0.116. The Labute approximate surface area is 159 Å². The molecule has 0 unspecified atom stereocenters. The Hall–Kier alpha value is -3.33. The van der Waals surface area contributed by atoms with Gasteiger partial charge < -0.3 is 15.2 Å². The Morgan fingerprint density at radius 1 is 1.11 bits per heavy atom. The van der Waals surface area contributed by atoms with Gasteiger partial charge >= 0.3 is 0 Å². The third-order valence-corrected chi connectivity index (χ3v) is 4.69. The van der Waals surface area contributed by atoms with Crippen LogP contribution in [0, 0.1) is 40.0 Å². The number of aryl methyl sites for hydroxylation is 2. The molecule has 27 heavy (non-hydrogen) atoms. The Kier molecular flexibility index (Phi) is 5.86. The molecular formula is C21H23N3O3. The molecule has 1 aromatic heterocycles. The summed E-state index contributed by atoms with van der Waals surface area (Å²) in [4.78, 5) is 37.3. The number of aromatic nitrogens is 1. The van der Waals surface area contributed by atoms with E-state index in [9.17, 15) is 14.4 Å². The summed E-state index contributed by atoms with van der Waals surface area (Å²) in [6.07, 6.45) is 5.10. The molecular weight excluding hydrogens is 342 g/mol. The maximum atomic E-state index is 12.8. The minimum Gasteiger partial charge on any atom is -0.343 e. The largest absolute Gasteiger partial charge is 0.343 e. The molecule has 0 aliphatic rings. The number of nitrogens with zero attached hydrogens (tertiary/aromatic N) is 1. The minimum atomic E-state index is -0.786. The number of hydrogen-bond donors (Lipinski definition) is 2. The van der Waals surface area contributed by atoms with Gasteiger partial charge in [0.05, 0.1) is 12.1 Å². The summed E-state index contributed by atoms with van der Waals surface area (Å²) >= 11 is 0. The monoisotopic (exact) mass is 365 g/mol. The minimum absolute atomic E-state index is 0.0321. The van der Waals surface area contributed by atoms with E-state index in [-0.39, 0.29) is 18.0 Å². The third kappa shape index (κ3) is 3.93. The van der Waals surface area contributed by atoms with Crippen molar-refractivity contribution in [3.63, 3.8) is 0 Å². The number of Topliss-reactive ketones (excluding diaryl/α,β-unsaturated/α-hetero) is 1. The first-order valence-corrected chi connectivity index (χ1v) is 8.49. The predicted octanol–water partition coefficient (Wildman–Crippen LogP) is 2.44. The van der Waals surface area contributed by atoms with Crippen molar-refractivity contribution in [3.05, 3.63) is 51.8 Å². The van der Waals surface area contributed by atoms with Gasteiger partial charge in [-0.15, -0.1) is 6.42 Å². The molecule has 0 atom stereocenters. The van der Waals surface area contributed by atoms with Gasteiger partial charge in [-0.05, 0) is 56.5 Å². The van der Waals surface area contributed by atoms with Gasteiger partial charge in [0.15, 0.2) is 0 Å². The zero-order valence-electron chi connectivity index (χ0n) is 16.2. The van der Waals surface area contributed by atoms with Crippen molar-refractivity contribution >= 4 is 23.3 Å². The van der Waals surface area contributed by atoms with E-state index in [2.05, 4.69) is 16.6 Å². The Balaban J connectivity index is 2.36. The van der Waals surface area contributed by atoms with Crippen molar-refractivity contribution in [1.29, 1.82) is 0 Å². The molecule has 2 aromatic rings. The number of carbonyl (C=O) groups excluding carboxylic acids is 3. The molecule has 2 amide bonds. The number of ketones is 1. The fraction of sp³-hybridized carbons (Fsp3) is 0.286. The van der Waals surface area contributed by atoms with E-state index >= 15 is 0 Å². The summed E-state index contributed by atoms with van der Waals surface area (Å²) in [5, 5.41) is 5.21. The first-order chi connectivity index (χ1) is 12.7. The van der Waals surface area contributed by atoms with Crippen LogP contribution in [0.25, 0.3) is 0 Å². The summed E-state index contributed by atoms with van der Waals surface area (Å²) in [6.45, 7) is 7.28. The average molecular weight is 365 g/mol. The SMILES string of the molecule is C#CCNC(=O)C(=O)c1c(C)c(C(=O)Nc2ccc(C)c(C)c2)n(C)c1C. The molecule has 6 nitrogen and oxygen atoms in total. The summed E-state index contributed by atoms with van der Waals surface area (Å²) in [7, 11) is 1.69. The number of terminal acetylenes is 1. The third-order valence-electron chi connectivity index (χ3n) is 4.69. The Bertz CT molecular complexity index is 978. The van der Waals surface area contributed by atoms with Gasteiger partial charge in [0.25, 0.3) is 17.6 Å². The van der Waals surface area contributed by atoms with Gasteiger partial charge in [-0.25, -0.2) is 0 Å². The fourth-order valence-electron chi connectivity index (χ4n) is 2.97. The van der Waals surface area contributed by atoms with Crippen molar-refractivity contribution in [2.24, 2.45) is 7.05 Å². The second-order valence-electron chi connectivity index (χ2n) is 6.46. The van der Waals surface area contributed by atoms with Gasteiger partial charge in [-0.1, -0.05) is 12.0 Å². The normalized spacial score (nSPS) is 10.2. The van der Waals surface area contributed by atoms with E-state index in [1.54, 1.807) is 25.5 Å². The van der Waals surface area contributed by atoms with Gasteiger partial charge in [-0.2, -0.15) is 0 Å². The van der Waals surface area contributed by atoms with Gasteiger partial charge in [0, 0.05) is 18.4 Å². The second-order valence-corrected chi connectivity index (χ2v) is 6.46. The topological polar surface area (TPSA) is 80.2 Å². The lowest BCUT2D eigenvalue weighted by Crippen LogP contribution is -2.31. The molecule has 0 fully saturated rings. The van der Waals surface area contributed by atoms with Crippen molar-refractivity contribution in [1.82, 2.24) is 9.88 Å². The van der Waals surface area contributed by atoms with Gasteiger partial charge in [0.2, 0.25) is 0 Å². The second kappa shape index (κ2) is 7.92. The summed E-state index contributed by atoms with van der Waals surface area (Å²) in [5.41, 5.74) is 4.41. The van der Waals surface area contributed by atoms with Crippen molar-refractivity contribution in [2.45, 2.75) is 27.7 Å².